The lowest BCUT2D eigenvalue weighted by molar-refractivity contribution is 0.659. The van der Waals surface area contributed by atoms with Crippen LogP contribution in [0.25, 0.3) is 11.1 Å². The predicted octanol–water partition coefficient (Wildman–Crippen LogP) is 4.17. The number of nitrogens with zero attached hydrogens (tertiary/aromatic N) is 1. The summed E-state index contributed by atoms with van der Waals surface area (Å²) in [6.45, 7) is 6.58. The van der Waals surface area contributed by atoms with E-state index in [-0.39, 0.29) is 5.41 Å². The molecule has 0 atom stereocenters. The summed E-state index contributed by atoms with van der Waals surface area (Å²) in [7, 11) is 0. The highest BCUT2D eigenvalue weighted by Gasteiger charge is 2.36. The van der Waals surface area contributed by atoms with Crippen LogP contribution in [0.3, 0.4) is 0 Å². The molecule has 1 aliphatic rings. The summed E-state index contributed by atoms with van der Waals surface area (Å²) >= 11 is 0. The maximum absolute atomic E-state index is 9.30. The van der Waals surface area contributed by atoms with Gasteiger partial charge >= 0.3 is 0 Å². The minimum atomic E-state index is -0.0104. The maximum Gasteiger partial charge on any atom is 0.0998 e. The molecule has 0 fully saturated rings. The summed E-state index contributed by atoms with van der Waals surface area (Å²) < 4.78 is 0. The molecular formula is C17H15N. The molecule has 0 unspecified atom stereocenters. The zero-order valence-electron chi connectivity index (χ0n) is 10.9. The highest BCUT2D eigenvalue weighted by Crippen LogP contribution is 2.49. The van der Waals surface area contributed by atoms with Crippen molar-refractivity contribution in [2.24, 2.45) is 0 Å². The van der Waals surface area contributed by atoms with Crippen LogP contribution >= 0.6 is 0 Å². The van der Waals surface area contributed by atoms with Crippen LogP contribution in [0.4, 0.5) is 0 Å². The second-order valence-electron chi connectivity index (χ2n) is 5.51. The van der Waals surface area contributed by atoms with E-state index in [4.69, 9.17) is 0 Å². The van der Waals surface area contributed by atoms with Crippen LogP contribution in [0.5, 0.6) is 0 Å². The zero-order chi connectivity index (χ0) is 12.9. The van der Waals surface area contributed by atoms with E-state index in [1.165, 1.54) is 22.3 Å². The van der Waals surface area contributed by atoms with E-state index in [0.717, 1.165) is 11.1 Å². The standard InChI is InChI=1S/C17H15N/c1-11-7-8-13-15(9-11)17(2,3)14-6-4-5-12(10-18)16(13)14/h4-9H,1-3H3. The Morgan fingerprint density at radius 3 is 2.56 bits per heavy atom. The van der Waals surface area contributed by atoms with Crippen molar-refractivity contribution in [3.05, 3.63) is 58.7 Å². The van der Waals surface area contributed by atoms with Gasteiger partial charge in [0.25, 0.3) is 0 Å². The average Bonchev–Trinajstić information content (AvgIpc) is 2.59. The van der Waals surface area contributed by atoms with Gasteiger partial charge in [0.1, 0.15) is 0 Å². The summed E-state index contributed by atoms with van der Waals surface area (Å²) in [4.78, 5) is 0. The SMILES string of the molecule is Cc1ccc2c(c1)C(C)(C)c1cccc(C#N)c1-2. The molecule has 2 aromatic rings. The van der Waals surface area contributed by atoms with Gasteiger partial charge in [0.05, 0.1) is 11.6 Å². The topological polar surface area (TPSA) is 23.8 Å². The molecule has 0 saturated heterocycles. The first kappa shape index (κ1) is 11.0. The van der Waals surface area contributed by atoms with Gasteiger partial charge in [-0.05, 0) is 29.7 Å². The van der Waals surface area contributed by atoms with E-state index in [1.54, 1.807) is 0 Å². The van der Waals surface area contributed by atoms with E-state index in [1.807, 2.05) is 12.1 Å². The average molecular weight is 233 g/mol. The van der Waals surface area contributed by atoms with Crippen molar-refractivity contribution in [1.82, 2.24) is 0 Å². The van der Waals surface area contributed by atoms with Crippen LogP contribution in [0.1, 0.15) is 36.1 Å². The molecule has 1 nitrogen and oxygen atoms in total. The quantitative estimate of drug-likeness (QED) is 0.670. The van der Waals surface area contributed by atoms with Gasteiger partial charge in [-0.15, -0.1) is 0 Å². The maximum atomic E-state index is 9.30. The Hall–Kier alpha value is -2.07. The number of fused-ring (bicyclic) bond motifs is 3. The van der Waals surface area contributed by atoms with Gasteiger partial charge in [-0.1, -0.05) is 49.7 Å². The van der Waals surface area contributed by atoms with Crippen LogP contribution in [-0.4, -0.2) is 0 Å². The van der Waals surface area contributed by atoms with Crippen molar-refractivity contribution >= 4 is 0 Å². The Labute approximate surface area is 108 Å². The number of hydrogen-bond acceptors (Lipinski definition) is 1. The van der Waals surface area contributed by atoms with Gasteiger partial charge in [0, 0.05) is 11.0 Å². The van der Waals surface area contributed by atoms with Gasteiger partial charge in [0.2, 0.25) is 0 Å². The Morgan fingerprint density at radius 1 is 1.06 bits per heavy atom. The Kier molecular flexibility index (Phi) is 2.12. The smallest absolute Gasteiger partial charge is 0.0998 e. The molecule has 0 aromatic heterocycles. The molecule has 0 bridgehead atoms. The highest BCUT2D eigenvalue weighted by atomic mass is 14.4. The van der Waals surface area contributed by atoms with E-state index < -0.39 is 0 Å². The molecule has 0 saturated carbocycles. The summed E-state index contributed by atoms with van der Waals surface area (Å²) in [6, 6.07) is 14.9. The highest BCUT2D eigenvalue weighted by molar-refractivity contribution is 5.84. The van der Waals surface area contributed by atoms with E-state index >= 15 is 0 Å². The number of benzene rings is 2. The molecule has 88 valence electrons. The third-order valence-corrected chi connectivity index (χ3v) is 3.98. The Bertz CT molecular complexity index is 687. The van der Waals surface area contributed by atoms with E-state index in [9.17, 15) is 5.26 Å². The van der Waals surface area contributed by atoms with Crippen LogP contribution in [-0.2, 0) is 5.41 Å². The Balaban J connectivity index is 2.44. The van der Waals surface area contributed by atoms with Crippen LogP contribution in [0.2, 0.25) is 0 Å². The van der Waals surface area contributed by atoms with Crippen molar-refractivity contribution in [3.63, 3.8) is 0 Å². The summed E-state index contributed by atoms with van der Waals surface area (Å²) in [5.41, 5.74) is 6.99. The molecular weight excluding hydrogens is 218 g/mol. The van der Waals surface area contributed by atoms with Crippen molar-refractivity contribution in [3.8, 4) is 17.2 Å². The largest absolute Gasteiger partial charge is 0.192 e. The van der Waals surface area contributed by atoms with E-state index in [0.29, 0.717) is 0 Å². The molecule has 0 radical (unpaired) electrons. The predicted molar refractivity (Wildman–Crippen MR) is 73.5 cm³/mol. The molecule has 3 rings (SSSR count). The third-order valence-electron chi connectivity index (χ3n) is 3.98. The summed E-state index contributed by atoms with van der Waals surface area (Å²) in [5.74, 6) is 0. The molecule has 1 aliphatic carbocycles. The molecule has 0 spiro atoms. The third kappa shape index (κ3) is 1.26. The summed E-state index contributed by atoms with van der Waals surface area (Å²) in [6.07, 6.45) is 0. The van der Waals surface area contributed by atoms with Crippen LogP contribution in [0, 0.1) is 18.3 Å². The van der Waals surface area contributed by atoms with Gasteiger partial charge in [-0.3, -0.25) is 0 Å². The molecule has 18 heavy (non-hydrogen) atoms. The van der Waals surface area contributed by atoms with Gasteiger partial charge < -0.3 is 0 Å². The monoisotopic (exact) mass is 233 g/mol. The number of nitriles is 1. The molecule has 0 N–H and O–H groups in total. The Morgan fingerprint density at radius 2 is 1.83 bits per heavy atom. The fourth-order valence-corrected chi connectivity index (χ4v) is 2.99. The van der Waals surface area contributed by atoms with Crippen LogP contribution < -0.4 is 0 Å². The number of hydrogen-bond donors (Lipinski definition) is 0. The first-order chi connectivity index (χ1) is 8.55. The van der Waals surface area contributed by atoms with Gasteiger partial charge in [-0.25, -0.2) is 0 Å². The lowest BCUT2D eigenvalue weighted by atomic mass is 9.82. The summed E-state index contributed by atoms with van der Waals surface area (Å²) in [5, 5.41) is 9.30. The lowest BCUT2D eigenvalue weighted by Crippen LogP contribution is -2.15. The van der Waals surface area contributed by atoms with Gasteiger partial charge in [0.15, 0.2) is 0 Å². The van der Waals surface area contributed by atoms with Crippen molar-refractivity contribution in [1.29, 1.82) is 5.26 Å². The molecule has 1 heteroatoms. The molecule has 0 heterocycles. The number of rotatable bonds is 0. The zero-order valence-corrected chi connectivity index (χ0v) is 10.9. The van der Waals surface area contributed by atoms with Crippen molar-refractivity contribution < 1.29 is 0 Å². The minimum absolute atomic E-state index is 0.0104. The minimum Gasteiger partial charge on any atom is -0.192 e. The van der Waals surface area contributed by atoms with Crippen molar-refractivity contribution in [2.75, 3.05) is 0 Å². The lowest BCUT2D eigenvalue weighted by Gasteiger charge is -2.21. The fraction of sp³-hybridized carbons (Fsp3) is 0.235. The molecule has 0 amide bonds. The first-order valence-electron chi connectivity index (χ1n) is 6.21. The fourth-order valence-electron chi connectivity index (χ4n) is 2.99. The van der Waals surface area contributed by atoms with Gasteiger partial charge in [-0.2, -0.15) is 5.26 Å². The molecule has 2 aromatic carbocycles. The van der Waals surface area contributed by atoms with Crippen molar-refractivity contribution in [2.45, 2.75) is 26.2 Å². The molecule has 0 aliphatic heterocycles. The number of aryl methyl sites for hydroxylation is 1. The normalized spacial score (nSPS) is 14.8. The van der Waals surface area contributed by atoms with Crippen LogP contribution in [0.15, 0.2) is 36.4 Å². The second kappa shape index (κ2) is 3.46. The first-order valence-corrected chi connectivity index (χ1v) is 6.21. The second-order valence-corrected chi connectivity index (χ2v) is 5.51. The van der Waals surface area contributed by atoms with E-state index in [2.05, 4.69) is 51.1 Å².